The van der Waals surface area contributed by atoms with E-state index in [4.69, 9.17) is 21.7 Å². The Morgan fingerprint density at radius 2 is 1.50 bits per heavy atom. The van der Waals surface area contributed by atoms with Gasteiger partial charge in [0.15, 0.2) is 0 Å². The number of ether oxygens (including phenoxy) is 2. The molecule has 2 heterocycles. The van der Waals surface area contributed by atoms with Crippen LogP contribution in [0, 0.1) is 0 Å². The number of thiocarbonyl (C=S) groups is 1. The smallest absolute Gasteiger partial charge is 0.345 e. The molecular formula is C22H19NO4S3. The van der Waals surface area contributed by atoms with Crippen molar-refractivity contribution >= 4 is 58.2 Å². The molecule has 0 aromatic heterocycles. The largest absolute Gasteiger partial charge is 0.465 e. The van der Waals surface area contributed by atoms with Crippen LogP contribution in [0.3, 0.4) is 0 Å². The first-order valence-corrected chi connectivity index (χ1v) is 11.4. The Kier molecular flexibility index (Phi) is 6.17. The average Bonchev–Trinajstić information content (AvgIpc) is 3.33. The summed E-state index contributed by atoms with van der Waals surface area (Å²) in [7, 11) is 2.61. The number of hydrogen-bond donors (Lipinski definition) is 0. The van der Waals surface area contributed by atoms with E-state index in [9.17, 15) is 9.59 Å². The van der Waals surface area contributed by atoms with Crippen LogP contribution in [0.1, 0.15) is 11.1 Å². The molecule has 0 amide bonds. The molecule has 2 aliphatic rings. The summed E-state index contributed by atoms with van der Waals surface area (Å²) in [5.41, 5.74) is 3.23. The van der Waals surface area contributed by atoms with Crippen molar-refractivity contribution < 1.29 is 19.1 Å². The molecule has 0 N–H and O–H groups in total. The quantitative estimate of drug-likeness (QED) is 0.490. The first kappa shape index (κ1) is 21.0. The molecule has 0 saturated heterocycles. The first-order valence-electron chi connectivity index (χ1n) is 9.23. The van der Waals surface area contributed by atoms with Crippen molar-refractivity contribution in [2.24, 2.45) is 0 Å². The van der Waals surface area contributed by atoms with Gasteiger partial charge < -0.3 is 14.4 Å². The van der Waals surface area contributed by atoms with E-state index in [0.29, 0.717) is 6.54 Å². The zero-order chi connectivity index (χ0) is 21.3. The summed E-state index contributed by atoms with van der Waals surface area (Å²) in [6.07, 6.45) is 0. The van der Waals surface area contributed by atoms with Crippen molar-refractivity contribution in [1.82, 2.24) is 0 Å². The maximum atomic E-state index is 12.3. The summed E-state index contributed by atoms with van der Waals surface area (Å²) in [6.45, 7) is 0.668. The van der Waals surface area contributed by atoms with Gasteiger partial charge in [-0.25, -0.2) is 9.59 Å². The van der Waals surface area contributed by atoms with Gasteiger partial charge in [0.2, 0.25) is 0 Å². The molecule has 2 aromatic carbocycles. The predicted octanol–water partition coefficient (Wildman–Crippen LogP) is 4.16. The van der Waals surface area contributed by atoms with Gasteiger partial charge in [-0.2, -0.15) is 0 Å². The van der Waals surface area contributed by atoms with Crippen LogP contribution in [0.4, 0.5) is 5.69 Å². The molecule has 8 heteroatoms. The Hall–Kier alpha value is -2.29. The van der Waals surface area contributed by atoms with Crippen molar-refractivity contribution in [2.45, 2.75) is 17.2 Å². The molecule has 2 aromatic rings. The maximum absolute atomic E-state index is 12.3. The predicted molar refractivity (Wildman–Crippen MR) is 125 cm³/mol. The summed E-state index contributed by atoms with van der Waals surface area (Å²) < 4.78 is 9.61. The number of nitrogens with zero attached hydrogens (tertiary/aromatic N) is 1. The van der Waals surface area contributed by atoms with E-state index in [0.717, 1.165) is 21.7 Å². The first-order chi connectivity index (χ1) is 14.5. The molecule has 30 heavy (non-hydrogen) atoms. The number of carbonyl (C=O) groups is 2. The van der Waals surface area contributed by atoms with E-state index in [2.05, 4.69) is 23.1 Å². The average molecular weight is 458 g/mol. The second-order valence-electron chi connectivity index (χ2n) is 6.69. The van der Waals surface area contributed by atoms with Crippen molar-refractivity contribution in [1.29, 1.82) is 0 Å². The molecule has 4 rings (SSSR count). The third-order valence-corrected chi connectivity index (χ3v) is 8.31. The van der Waals surface area contributed by atoms with Gasteiger partial charge in [0.05, 0.1) is 24.8 Å². The summed E-state index contributed by atoms with van der Waals surface area (Å²) in [5.74, 6) is -1.07. The molecule has 1 unspecified atom stereocenters. The van der Waals surface area contributed by atoms with Gasteiger partial charge in [-0.1, -0.05) is 84.3 Å². The van der Waals surface area contributed by atoms with Gasteiger partial charge in [0.1, 0.15) is 9.81 Å². The summed E-state index contributed by atoms with van der Waals surface area (Å²) >= 11 is 8.51. The van der Waals surface area contributed by atoms with Gasteiger partial charge in [-0.3, -0.25) is 0 Å². The molecule has 0 fully saturated rings. The summed E-state index contributed by atoms with van der Waals surface area (Å²) in [4.78, 5) is 28.2. The van der Waals surface area contributed by atoms with Crippen molar-refractivity contribution in [3.05, 3.63) is 75.5 Å². The van der Waals surface area contributed by atoms with Crippen LogP contribution in [0.5, 0.6) is 0 Å². The van der Waals surface area contributed by atoms with Crippen molar-refractivity contribution in [3.8, 4) is 0 Å². The molecule has 0 aliphatic carbocycles. The Morgan fingerprint density at radius 1 is 0.933 bits per heavy atom. The van der Waals surface area contributed by atoms with Crippen LogP contribution in [-0.4, -0.2) is 41.6 Å². The monoisotopic (exact) mass is 457 g/mol. The number of fused-ring (bicyclic) bond motifs is 1. The molecule has 0 spiro atoms. The van der Waals surface area contributed by atoms with Crippen LogP contribution in [0.25, 0.3) is 0 Å². The topological polar surface area (TPSA) is 55.8 Å². The third kappa shape index (κ3) is 3.75. The van der Waals surface area contributed by atoms with Crippen LogP contribution in [0.2, 0.25) is 0 Å². The van der Waals surface area contributed by atoms with E-state index in [-0.39, 0.29) is 20.4 Å². The molecule has 0 bridgehead atoms. The standard InChI is InChI=1S/C22H19NO4S3/c1-26-20(24)18-19(21(25)27-2)30-22(29-18)16-17(28)14-10-6-7-11-15(14)23(16)12-13-8-4-3-5-9-13/h3-11,16,22H,12H2,1-2H3. The molecule has 154 valence electrons. The number of carbonyl (C=O) groups excluding carboxylic acids is 2. The second kappa shape index (κ2) is 8.83. The SMILES string of the molecule is COC(=O)C1=C(C(=O)OC)SC(C2C(=S)c3ccccc3N2Cc2ccccc2)S1. The van der Waals surface area contributed by atoms with Gasteiger partial charge in [-0.05, 0) is 11.6 Å². The molecule has 0 saturated carbocycles. The number of hydrogen-bond acceptors (Lipinski definition) is 8. The number of anilines is 1. The normalized spacial score (nSPS) is 18.5. The Morgan fingerprint density at radius 3 is 2.10 bits per heavy atom. The van der Waals surface area contributed by atoms with Crippen LogP contribution in [-0.2, 0) is 25.6 Å². The lowest BCUT2D eigenvalue weighted by Crippen LogP contribution is -2.40. The fraction of sp³-hybridized carbons (Fsp3) is 0.227. The molecule has 0 radical (unpaired) electrons. The maximum Gasteiger partial charge on any atom is 0.345 e. The lowest BCUT2D eigenvalue weighted by Gasteiger charge is -2.31. The number of para-hydroxylation sites is 1. The van der Waals surface area contributed by atoms with Crippen molar-refractivity contribution in [2.75, 3.05) is 19.1 Å². The van der Waals surface area contributed by atoms with Crippen LogP contribution >= 0.6 is 35.7 Å². The number of rotatable bonds is 5. The Labute approximate surface area is 188 Å². The van der Waals surface area contributed by atoms with Gasteiger partial charge in [0.25, 0.3) is 0 Å². The molecular weight excluding hydrogens is 438 g/mol. The minimum atomic E-state index is -0.536. The zero-order valence-corrected chi connectivity index (χ0v) is 18.8. The van der Waals surface area contributed by atoms with Crippen molar-refractivity contribution in [3.63, 3.8) is 0 Å². The summed E-state index contributed by atoms with van der Waals surface area (Å²) in [5, 5.41) is 0. The lowest BCUT2D eigenvalue weighted by molar-refractivity contribution is -0.138. The van der Waals surface area contributed by atoms with E-state index in [1.807, 2.05) is 36.4 Å². The highest BCUT2D eigenvalue weighted by Gasteiger charge is 2.46. The van der Waals surface area contributed by atoms with E-state index < -0.39 is 11.9 Å². The van der Waals surface area contributed by atoms with E-state index in [1.54, 1.807) is 0 Å². The zero-order valence-electron chi connectivity index (χ0n) is 16.4. The van der Waals surface area contributed by atoms with Gasteiger partial charge >= 0.3 is 11.9 Å². The third-order valence-electron chi connectivity index (χ3n) is 4.95. The minimum Gasteiger partial charge on any atom is -0.465 e. The van der Waals surface area contributed by atoms with Crippen LogP contribution < -0.4 is 4.90 Å². The lowest BCUT2D eigenvalue weighted by atomic mass is 10.1. The number of esters is 2. The van der Waals surface area contributed by atoms with E-state index >= 15 is 0 Å². The molecule has 2 aliphatic heterocycles. The molecule has 5 nitrogen and oxygen atoms in total. The number of thioether (sulfide) groups is 2. The Balaban J connectivity index is 1.69. The fourth-order valence-electron chi connectivity index (χ4n) is 3.58. The highest BCUT2D eigenvalue weighted by molar-refractivity contribution is 8.24. The van der Waals surface area contributed by atoms with E-state index in [1.165, 1.54) is 37.7 Å². The fourth-order valence-corrected chi connectivity index (χ4v) is 7.27. The highest BCUT2D eigenvalue weighted by Crippen LogP contribution is 2.52. The number of benzene rings is 2. The second-order valence-corrected chi connectivity index (χ2v) is 9.73. The van der Waals surface area contributed by atoms with Crippen LogP contribution in [0.15, 0.2) is 64.4 Å². The van der Waals surface area contributed by atoms with Gasteiger partial charge in [0, 0.05) is 22.7 Å². The summed E-state index contributed by atoms with van der Waals surface area (Å²) in [6, 6.07) is 18.0. The number of methoxy groups -OCH3 is 2. The Bertz CT molecular complexity index is 1010. The highest BCUT2D eigenvalue weighted by atomic mass is 32.2. The molecule has 1 atom stereocenters. The minimum absolute atomic E-state index is 0.172. The van der Waals surface area contributed by atoms with Gasteiger partial charge in [-0.15, -0.1) is 0 Å².